The maximum atomic E-state index is 13.5. The van der Waals surface area contributed by atoms with Crippen LogP contribution in [0.5, 0.6) is 0 Å². The molecule has 1 amide bonds. The molecule has 1 aromatic heterocycles. The summed E-state index contributed by atoms with van der Waals surface area (Å²) in [7, 11) is 0. The predicted molar refractivity (Wildman–Crippen MR) is 100 cm³/mol. The molecular weight excluding hydrogens is 331 g/mol. The Balaban J connectivity index is 1.79. The van der Waals surface area contributed by atoms with Gasteiger partial charge in [0.2, 0.25) is 0 Å². The topological polar surface area (TPSA) is 61.0 Å². The summed E-state index contributed by atoms with van der Waals surface area (Å²) in [5, 5.41) is 10.0. The van der Waals surface area contributed by atoms with E-state index in [4.69, 9.17) is 0 Å². The average Bonchev–Trinajstić information content (AvgIpc) is 3.25. The van der Waals surface area contributed by atoms with Crippen LogP contribution in [0.25, 0.3) is 11.3 Å². The molecule has 2 aromatic rings. The van der Waals surface area contributed by atoms with Crippen LogP contribution in [0.1, 0.15) is 44.0 Å². The number of rotatable bonds is 5. The molecule has 1 aliphatic heterocycles. The molecule has 1 atom stereocenters. The Bertz CT molecular complexity index is 759. The van der Waals surface area contributed by atoms with Crippen molar-refractivity contribution < 1.29 is 9.18 Å². The summed E-state index contributed by atoms with van der Waals surface area (Å²) < 4.78 is 13.5. The first-order chi connectivity index (χ1) is 12.3. The van der Waals surface area contributed by atoms with Crippen LogP contribution < -0.4 is 5.32 Å². The number of halogens is 1. The number of aromatic amines is 1. The van der Waals surface area contributed by atoms with Crippen LogP contribution in [-0.2, 0) is 0 Å². The lowest BCUT2D eigenvalue weighted by atomic mass is 9.86. The van der Waals surface area contributed by atoms with Gasteiger partial charge in [0.15, 0.2) is 0 Å². The summed E-state index contributed by atoms with van der Waals surface area (Å²) in [5.41, 5.74) is 1.52. The van der Waals surface area contributed by atoms with Gasteiger partial charge in [-0.25, -0.2) is 4.39 Å². The Labute approximate surface area is 154 Å². The molecule has 3 rings (SSSR count). The number of nitrogens with one attached hydrogen (secondary N) is 2. The van der Waals surface area contributed by atoms with Crippen molar-refractivity contribution in [3.63, 3.8) is 0 Å². The predicted octanol–water partition coefficient (Wildman–Crippen LogP) is 3.46. The van der Waals surface area contributed by atoms with Crippen molar-refractivity contribution in [2.75, 3.05) is 19.6 Å². The van der Waals surface area contributed by atoms with Gasteiger partial charge in [-0.05, 0) is 43.5 Å². The second-order valence-corrected chi connectivity index (χ2v) is 8.07. The van der Waals surface area contributed by atoms with E-state index in [1.807, 2.05) is 0 Å². The van der Waals surface area contributed by atoms with E-state index in [0.717, 1.165) is 19.6 Å². The van der Waals surface area contributed by atoms with E-state index in [1.54, 1.807) is 12.1 Å². The summed E-state index contributed by atoms with van der Waals surface area (Å²) in [4.78, 5) is 15.3. The van der Waals surface area contributed by atoms with Crippen molar-refractivity contribution in [3.05, 3.63) is 41.8 Å². The Morgan fingerprint density at radius 1 is 1.35 bits per heavy atom. The van der Waals surface area contributed by atoms with Crippen LogP contribution in [0.4, 0.5) is 4.39 Å². The largest absolute Gasteiger partial charge is 0.347 e. The van der Waals surface area contributed by atoms with Crippen molar-refractivity contribution in [1.29, 1.82) is 0 Å². The molecule has 140 valence electrons. The molecule has 0 unspecified atom stereocenters. The number of likely N-dealkylation sites (tertiary alicyclic amines) is 1. The molecule has 5 nitrogen and oxygen atoms in total. The van der Waals surface area contributed by atoms with Crippen LogP contribution in [0.2, 0.25) is 0 Å². The molecule has 0 bridgehead atoms. The number of hydrogen-bond acceptors (Lipinski definition) is 3. The summed E-state index contributed by atoms with van der Waals surface area (Å²) in [5.74, 6) is -0.526. The van der Waals surface area contributed by atoms with E-state index in [1.165, 1.54) is 31.2 Å². The van der Waals surface area contributed by atoms with Crippen molar-refractivity contribution in [2.24, 2.45) is 5.41 Å². The highest BCUT2D eigenvalue weighted by Crippen LogP contribution is 2.25. The molecule has 0 saturated carbocycles. The minimum absolute atomic E-state index is 0.0170. The van der Waals surface area contributed by atoms with Gasteiger partial charge in [0.25, 0.3) is 5.91 Å². The fourth-order valence-electron chi connectivity index (χ4n) is 3.32. The molecule has 2 heterocycles. The lowest BCUT2D eigenvalue weighted by Gasteiger charge is -2.34. The van der Waals surface area contributed by atoms with E-state index in [-0.39, 0.29) is 23.2 Å². The number of benzene rings is 1. The molecular formula is C20H27FN4O. The molecule has 6 heteroatoms. The first-order valence-corrected chi connectivity index (χ1v) is 9.17. The van der Waals surface area contributed by atoms with Gasteiger partial charge in [0.05, 0.1) is 17.5 Å². The van der Waals surface area contributed by atoms with Crippen molar-refractivity contribution >= 4 is 5.91 Å². The third-order valence-electron chi connectivity index (χ3n) is 4.99. The van der Waals surface area contributed by atoms with Gasteiger partial charge in [-0.2, -0.15) is 5.10 Å². The molecule has 0 radical (unpaired) electrons. The van der Waals surface area contributed by atoms with Crippen molar-refractivity contribution in [1.82, 2.24) is 20.4 Å². The standard InChI is InChI=1S/C20H27FN4O/c1-20(2,3)17(13-25-9-4-5-10-25)23-19(26)16-12-22-24-18(16)14-7-6-8-15(21)11-14/h6-8,11-12,17H,4-5,9-10,13H2,1-3H3,(H,22,24)(H,23,26)/t17-/m1/s1. The van der Waals surface area contributed by atoms with Crippen molar-refractivity contribution in [2.45, 2.75) is 39.7 Å². The molecule has 0 aliphatic carbocycles. The van der Waals surface area contributed by atoms with Gasteiger partial charge < -0.3 is 10.2 Å². The fraction of sp³-hybridized carbons (Fsp3) is 0.500. The third kappa shape index (κ3) is 4.30. The van der Waals surface area contributed by atoms with Crippen LogP contribution in [0, 0.1) is 11.2 Å². The summed E-state index contributed by atoms with van der Waals surface area (Å²) >= 11 is 0. The molecule has 0 spiro atoms. The van der Waals surface area contributed by atoms with Gasteiger partial charge in [-0.1, -0.05) is 32.9 Å². The number of nitrogens with zero attached hydrogens (tertiary/aromatic N) is 2. The number of H-pyrrole nitrogens is 1. The van der Waals surface area contributed by atoms with Gasteiger partial charge in [-0.3, -0.25) is 9.89 Å². The van der Waals surface area contributed by atoms with E-state index >= 15 is 0 Å². The number of aromatic nitrogens is 2. The second kappa shape index (κ2) is 7.58. The Morgan fingerprint density at radius 2 is 2.08 bits per heavy atom. The van der Waals surface area contributed by atoms with Crippen molar-refractivity contribution in [3.8, 4) is 11.3 Å². The molecule has 1 aliphatic rings. The Kier molecular flexibility index (Phi) is 5.41. The molecule has 2 N–H and O–H groups in total. The van der Waals surface area contributed by atoms with Crippen LogP contribution in [0.15, 0.2) is 30.5 Å². The van der Waals surface area contributed by atoms with Gasteiger partial charge >= 0.3 is 0 Å². The zero-order chi connectivity index (χ0) is 18.7. The smallest absolute Gasteiger partial charge is 0.255 e. The lowest BCUT2D eigenvalue weighted by molar-refractivity contribution is 0.0879. The highest BCUT2D eigenvalue weighted by Gasteiger charge is 2.30. The summed E-state index contributed by atoms with van der Waals surface area (Å²) in [6, 6.07) is 6.18. The maximum absolute atomic E-state index is 13.5. The molecule has 1 fully saturated rings. The Hall–Kier alpha value is -2.21. The first kappa shape index (κ1) is 18.6. The molecule has 26 heavy (non-hydrogen) atoms. The third-order valence-corrected chi connectivity index (χ3v) is 4.99. The van der Waals surface area contributed by atoms with Crippen LogP contribution in [-0.4, -0.2) is 46.7 Å². The van der Waals surface area contributed by atoms with Crippen LogP contribution in [0.3, 0.4) is 0 Å². The lowest BCUT2D eigenvalue weighted by Crippen LogP contribution is -2.50. The maximum Gasteiger partial charge on any atom is 0.255 e. The monoisotopic (exact) mass is 358 g/mol. The van der Waals surface area contributed by atoms with E-state index in [0.29, 0.717) is 16.8 Å². The SMILES string of the molecule is CC(C)(C)[C@@H](CN1CCCC1)NC(=O)c1cn[nH]c1-c1cccc(F)c1. The van der Waals surface area contributed by atoms with Crippen LogP contribution >= 0.6 is 0 Å². The first-order valence-electron chi connectivity index (χ1n) is 9.17. The summed E-state index contributed by atoms with van der Waals surface area (Å²) in [6.45, 7) is 9.42. The minimum atomic E-state index is -0.343. The normalized spacial score (nSPS) is 16.6. The Morgan fingerprint density at radius 3 is 2.73 bits per heavy atom. The highest BCUT2D eigenvalue weighted by molar-refractivity contribution is 5.99. The average molecular weight is 358 g/mol. The second-order valence-electron chi connectivity index (χ2n) is 8.07. The number of carbonyl (C=O) groups is 1. The number of hydrogen-bond donors (Lipinski definition) is 2. The van der Waals surface area contributed by atoms with Gasteiger partial charge in [0, 0.05) is 18.2 Å². The van der Waals surface area contributed by atoms with Gasteiger partial charge in [-0.15, -0.1) is 0 Å². The van der Waals surface area contributed by atoms with E-state index in [2.05, 4.69) is 41.2 Å². The zero-order valence-corrected chi connectivity index (χ0v) is 15.7. The minimum Gasteiger partial charge on any atom is -0.347 e. The fourth-order valence-corrected chi connectivity index (χ4v) is 3.32. The summed E-state index contributed by atoms with van der Waals surface area (Å²) in [6.07, 6.45) is 3.94. The molecule has 1 aromatic carbocycles. The quantitative estimate of drug-likeness (QED) is 0.860. The number of amides is 1. The highest BCUT2D eigenvalue weighted by atomic mass is 19.1. The van der Waals surface area contributed by atoms with E-state index in [9.17, 15) is 9.18 Å². The zero-order valence-electron chi connectivity index (χ0n) is 15.7. The number of carbonyl (C=O) groups excluding carboxylic acids is 1. The molecule has 1 saturated heterocycles. The van der Waals surface area contributed by atoms with E-state index < -0.39 is 0 Å². The van der Waals surface area contributed by atoms with Gasteiger partial charge in [0.1, 0.15) is 5.82 Å².